The highest BCUT2D eigenvalue weighted by Crippen LogP contribution is 2.14. The first-order chi connectivity index (χ1) is 23.3. The zero-order valence-corrected chi connectivity index (χ0v) is 31.3. The number of rotatable bonds is 28. The van der Waals surface area contributed by atoms with Crippen LogP contribution in [0.1, 0.15) is 26.7 Å². The van der Waals surface area contributed by atoms with Gasteiger partial charge in [-0.25, -0.2) is 0 Å². The molecule has 0 fully saturated rings. The van der Waals surface area contributed by atoms with Gasteiger partial charge in [-0.15, -0.1) is 23.5 Å². The Balaban J connectivity index is 4.41. The SMILES string of the molecule is CC(=O)O[Si](OCCOC(=O)CCSCC(=O)OCCOC(=O)CS)(OCCOC(=O)CCSCC(=O)OCCOC(=O)CS)OC(C)=O. The zero-order chi connectivity index (χ0) is 36.9. The fraction of sp³-hybridized carbons (Fsp3) is 0.692. The molecule has 0 bridgehead atoms. The minimum absolute atomic E-state index is 0.0442. The highest BCUT2D eigenvalue weighted by molar-refractivity contribution is 8.00. The van der Waals surface area contributed by atoms with E-state index in [9.17, 15) is 38.4 Å². The van der Waals surface area contributed by atoms with E-state index >= 15 is 0 Å². The molecular formula is C26H40O18S4Si. The Kier molecular flexibility index (Phi) is 27.5. The van der Waals surface area contributed by atoms with E-state index in [1.807, 2.05) is 0 Å². The van der Waals surface area contributed by atoms with Crippen molar-refractivity contribution in [3.63, 3.8) is 0 Å². The number of carbonyl (C=O) groups excluding carboxylic acids is 8. The summed E-state index contributed by atoms with van der Waals surface area (Å²) in [6, 6.07) is 0. The van der Waals surface area contributed by atoms with Gasteiger partial charge in [-0.1, -0.05) is 0 Å². The van der Waals surface area contributed by atoms with Gasteiger partial charge in [0, 0.05) is 25.4 Å². The van der Waals surface area contributed by atoms with Crippen molar-refractivity contribution >= 4 is 106 Å². The van der Waals surface area contributed by atoms with Crippen LogP contribution in [0.3, 0.4) is 0 Å². The lowest BCUT2D eigenvalue weighted by Crippen LogP contribution is -2.52. The fourth-order valence-corrected chi connectivity index (χ4v) is 6.06. The van der Waals surface area contributed by atoms with Crippen molar-refractivity contribution in [2.45, 2.75) is 26.7 Å². The van der Waals surface area contributed by atoms with E-state index in [1.165, 1.54) is 0 Å². The molecule has 0 aromatic heterocycles. The molecule has 280 valence electrons. The normalized spacial score (nSPS) is 10.7. The van der Waals surface area contributed by atoms with Crippen LogP contribution in [0.25, 0.3) is 0 Å². The summed E-state index contributed by atoms with van der Waals surface area (Å²) in [6.07, 6.45) is -0.123. The van der Waals surface area contributed by atoms with E-state index in [0.29, 0.717) is 0 Å². The third-order valence-electron chi connectivity index (χ3n) is 4.61. The summed E-state index contributed by atoms with van der Waals surface area (Å²) in [5.74, 6) is -5.06. The van der Waals surface area contributed by atoms with Crippen molar-refractivity contribution in [3.05, 3.63) is 0 Å². The lowest BCUT2D eigenvalue weighted by atomic mass is 10.5. The van der Waals surface area contributed by atoms with Gasteiger partial charge in [-0.3, -0.25) is 38.4 Å². The number of hydrogen-bond donors (Lipinski definition) is 2. The van der Waals surface area contributed by atoms with E-state index in [-0.39, 0.29) is 87.0 Å². The minimum Gasteiger partial charge on any atom is -0.463 e. The van der Waals surface area contributed by atoms with Crippen LogP contribution in [0.15, 0.2) is 0 Å². The summed E-state index contributed by atoms with van der Waals surface area (Å²) in [7, 11) is -4.45. The second-order valence-electron chi connectivity index (χ2n) is 8.63. The van der Waals surface area contributed by atoms with Crippen molar-refractivity contribution < 1.29 is 84.5 Å². The number of carbonyl (C=O) groups is 8. The molecule has 0 rings (SSSR count). The molecule has 0 aliphatic heterocycles. The third kappa shape index (κ3) is 27.8. The molecule has 0 saturated carbocycles. The summed E-state index contributed by atoms with van der Waals surface area (Å²) in [4.78, 5) is 92.7. The summed E-state index contributed by atoms with van der Waals surface area (Å²) < 4.78 is 50.2. The van der Waals surface area contributed by atoms with E-state index in [0.717, 1.165) is 37.4 Å². The molecule has 0 aromatic rings. The zero-order valence-electron chi connectivity index (χ0n) is 26.9. The summed E-state index contributed by atoms with van der Waals surface area (Å²) >= 11 is 9.71. The van der Waals surface area contributed by atoms with Gasteiger partial charge in [0.25, 0.3) is 11.9 Å². The van der Waals surface area contributed by atoms with Crippen molar-refractivity contribution in [1.29, 1.82) is 0 Å². The van der Waals surface area contributed by atoms with E-state index in [4.69, 9.17) is 46.1 Å². The molecule has 0 aromatic carbocycles. The Hall–Kier alpha value is -2.70. The third-order valence-corrected chi connectivity index (χ3v) is 9.18. The molecule has 0 saturated heterocycles. The Morgan fingerprint density at radius 2 is 0.776 bits per heavy atom. The van der Waals surface area contributed by atoms with Crippen LogP contribution in [-0.2, 0) is 84.5 Å². The van der Waals surface area contributed by atoms with Crippen LogP contribution in [-0.4, -0.2) is 144 Å². The number of thiol groups is 2. The number of thioether (sulfide) groups is 2. The fourth-order valence-electron chi connectivity index (χ4n) is 2.74. The quantitative estimate of drug-likeness (QED) is 0.0348. The predicted octanol–water partition coefficient (Wildman–Crippen LogP) is -0.0532. The monoisotopic (exact) mass is 796 g/mol. The van der Waals surface area contributed by atoms with E-state index in [2.05, 4.69) is 25.3 Å². The maximum Gasteiger partial charge on any atom is 0.825 e. The van der Waals surface area contributed by atoms with Crippen LogP contribution >= 0.6 is 48.8 Å². The first kappa shape index (κ1) is 46.3. The summed E-state index contributed by atoms with van der Waals surface area (Å²) in [6.45, 7) is 0.199. The second-order valence-corrected chi connectivity index (χ2v) is 13.5. The standard InChI is InChI=1S/C26H40O18S4Si/c1-19(27)43-49(44-20(2)28,41-11-9-35-21(29)3-13-47-17-25(33)39-7-5-37-23(31)15-45)42-12-10-36-22(30)4-14-48-18-26(34)40-8-6-38-24(32)16-46/h45-46H,3-18H2,1-2H3. The van der Waals surface area contributed by atoms with Gasteiger partial charge >= 0.3 is 44.9 Å². The maximum atomic E-state index is 12.0. The van der Waals surface area contributed by atoms with Gasteiger partial charge < -0.3 is 46.1 Å². The van der Waals surface area contributed by atoms with Gasteiger partial charge in [0.2, 0.25) is 0 Å². The van der Waals surface area contributed by atoms with Crippen molar-refractivity contribution in [3.8, 4) is 0 Å². The average Bonchev–Trinajstić information content (AvgIpc) is 3.05. The molecule has 18 nitrogen and oxygen atoms in total. The topological polar surface area (TPSA) is 229 Å². The highest BCUT2D eigenvalue weighted by atomic mass is 32.2. The van der Waals surface area contributed by atoms with Gasteiger partial charge in [0.15, 0.2) is 0 Å². The summed E-state index contributed by atoms with van der Waals surface area (Å²) in [5.41, 5.74) is 0. The van der Waals surface area contributed by atoms with E-state index < -0.39 is 70.0 Å². The Morgan fingerprint density at radius 1 is 0.469 bits per heavy atom. The van der Waals surface area contributed by atoms with E-state index in [1.54, 1.807) is 0 Å². The van der Waals surface area contributed by atoms with Crippen molar-refractivity contribution in [2.75, 3.05) is 87.4 Å². The summed E-state index contributed by atoms with van der Waals surface area (Å²) in [5, 5.41) is 0. The number of hydrogen-bond acceptors (Lipinski definition) is 22. The molecule has 0 heterocycles. The maximum absolute atomic E-state index is 12.0. The Bertz CT molecular complexity index is 996. The van der Waals surface area contributed by atoms with Crippen molar-refractivity contribution in [2.24, 2.45) is 0 Å². The number of esters is 6. The first-order valence-electron chi connectivity index (χ1n) is 14.3. The molecule has 0 amide bonds. The lowest BCUT2D eigenvalue weighted by Gasteiger charge is -2.25. The van der Waals surface area contributed by atoms with Gasteiger partial charge in [-0.05, 0) is 0 Å². The first-order valence-corrected chi connectivity index (χ1v) is 19.5. The predicted molar refractivity (Wildman–Crippen MR) is 179 cm³/mol. The molecule has 49 heavy (non-hydrogen) atoms. The van der Waals surface area contributed by atoms with Crippen molar-refractivity contribution in [1.82, 2.24) is 0 Å². The highest BCUT2D eigenvalue weighted by Gasteiger charge is 2.53. The Labute approximate surface area is 303 Å². The molecule has 0 unspecified atom stereocenters. The van der Waals surface area contributed by atoms with Gasteiger partial charge in [-0.2, -0.15) is 25.3 Å². The molecule has 0 radical (unpaired) electrons. The molecule has 0 atom stereocenters. The average molecular weight is 797 g/mol. The molecule has 0 spiro atoms. The number of ether oxygens (including phenoxy) is 6. The molecule has 0 N–H and O–H groups in total. The van der Waals surface area contributed by atoms with Crippen LogP contribution in [0.5, 0.6) is 0 Å². The van der Waals surface area contributed by atoms with Gasteiger partial charge in [0.05, 0.1) is 49.1 Å². The smallest absolute Gasteiger partial charge is 0.463 e. The van der Waals surface area contributed by atoms with Crippen LogP contribution in [0, 0.1) is 0 Å². The van der Waals surface area contributed by atoms with Gasteiger partial charge in [0.1, 0.15) is 39.6 Å². The minimum atomic E-state index is -4.45. The Morgan fingerprint density at radius 3 is 1.10 bits per heavy atom. The molecular weight excluding hydrogens is 757 g/mol. The second kappa shape index (κ2) is 29.1. The molecule has 23 heteroatoms. The van der Waals surface area contributed by atoms with Crippen LogP contribution in [0.2, 0.25) is 0 Å². The lowest BCUT2D eigenvalue weighted by molar-refractivity contribution is -0.156. The molecule has 0 aliphatic carbocycles. The van der Waals surface area contributed by atoms with Crippen LogP contribution in [0.4, 0.5) is 0 Å². The van der Waals surface area contributed by atoms with Crippen LogP contribution < -0.4 is 0 Å². The molecule has 0 aliphatic rings. The largest absolute Gasteiger partial charge is 0.825 e.